The lowest BCUT2D eigenvalue weighted by Gasteiger charge is -2.01. The third kappa shape index (κ3) is 1.14. The minimum Gasteiger partial charge on any atom is -0.144 e. The van der Waals surface area contributed by atoms with Crippen LogP contribution in [0, 0.1) is 6.92 Å². The van der Waals surface area contributed by atoms with Crippen LogP contribution in [0.5, 0.6) is 0 Å². The van der Waals surface area contributed by atoms with Crippen molar-refractivity contribution in [2.24, 2.45) is 0 Å². The van der Waals surface area contributed by atoms with Gasteiger partial charge >= 0.3 is 0 Å². The van der Waals surface area contributed by atoms with E-state index < -0.39 is 0 Å². The van der Waals surface area contributed by atoms with Crippen molar-refractivity contribution < 1.29 is 0 Å². The Morgan fingerprint density at radius 1 is 1.33 bits per heavy atom. The van der Waals surface area contributed by atoms with Crippen molar-refractivity contribution >= 4 is 21.4 Å². The normalized spacial score (nSPS) is 10.8. The maximum absolute atomic E-state index is 2.31. The van der Waals surface area contributed by atoms with Crippen molar-refractivity contribution in [2.75, 3.05) is 0 Å². The average Bonchev–Trinajstić information content (AvgIpc) is 2.49. The Morgan fingerprint density at radius 2 is 2.17 bits per heavy atom. The molecule has 2 aromatic rings. The van der Waals surface area contributed by atoms with E-state index in [1.54, 1.807) is 0 Å². The van der Waals surface area contributed by atoms with E-state index in [4.69, 9.17) is 0 Å². The predicted molar refractivity (Wildman–Crippen MR) is 55.9 cm³/mol. The van der Waals surface area contributed by atoms with Crippen LogP contribution in [0.1, 0.15) is 18.1 Å². The summed E-state index contributed by atoms with van der Waals surface area (Å²) in [6.45, 7) is 4.40. The topological polar surface area (TPSA) is 0 Å². The first-order valence-electron chi connectivity index (χ1n) is 4.28. The van der Waals surface area contributed by atoms with E-state index in [2.05, 4.69) is 37.4 Å². The van der Waals surface area contributed by atoms with Crippen LogP contribution in [0.4, 0.5) is 0 Å². The Hall–Kier alpha value is -0.820. The fraction of sp³-hybridized carbons (Fsp3) is 0.273. The molecule has 0 N–H and O–H groups in total. The first-order chi connectivity index (χ1) is 5.81. The van der Waals surface area contributed by atoms with E-state index in [0.29, 0.717) is 0 Å². The number of fused-ring (bicyclic) bond motifs is 1. The third-order valence-electron chi connectivity index (χ3n) is 2.29. The molecule has 2 rings (SSSR count). The Kier molecular flexibility index (Phi) is 1.89. The van der Waals surface area contributed by atoms with Gasteiger partial charge in [-0.3, -0.25) is 0 Å². The minimum absolute atomic E-state index is 1.14. The van der Waals surface area contributed by atoms with Crippen LogP contribution in [-0.4, -0.2) is 0 Å². The summed E-state index contributed by atoms with van der Waals surface area (Å²) in [5, 5.41) is 3.55. The summed E-state index contributed by atoms with van der Waals surface area (Å²) in [5.41, 5.74) is 2.90. The second-order valence-electron chi connectivity index (χ2n) is 3.09. The molecule has 62 valence electrons. The zero-order valence-corrected chi connectivity index (χ0v) is 8.24. The molecule has 12 heavy (non-hydrogen) atoms. The summed E-state index contributed by atoms with van der Waals surface area (Å²) in [4.78, 5) is 0. The standard InChI is InChI=1S/C11H12S/c1-3-9-7-10-4-5-12-11(10)6-8(9)2/h4-7H,3H2,1-2H3. The number of thiophene rings is 1. The van der Waals surface area contributed by atoms with Gasteiger partial charge in [0.15, 0.2) is 0 Å². The smallest absolute Gasteiger partial charge is 0.0345 e. The van der Waals surface area contributed by atoms with Crippen LogP contribution in [0.3, 0.4) is 0 Å². The highest BCUT2D eigenvalue weighted by molar-refractivity contribution is 7.17. The largest absolute Gasteiger partial charge is 0.144 e. The Bertz CT molecular complexity index is 398. The quantitative estimate of drug-likeness (QED) is 0.620. The van der Waals surface area contributed by atoms with Crippen LogP contribution >= 0.6 is 11.3 Å². The first kappa shape index (κ1) is 7.81. The van der Waals surface area contributed by atoms with Gasteiger partial charge in [0, 0.05) is 4.70 Å². The zero-order chi connectivity index (χ0) is 8.55. The Balaban J connectivity index is 2.73. The molecule has 1 heteroatoms. The lowest BCUT2D eigenvalue weighted by molar-refractivity contribution is 1.12. The van der Waals surface area contributed by atoms with Gasteiger partial charge in [-0.15, -0.1) is 11.3 Å². The van der Waals surface area contributed by atoms with Crippen molar-refractivity contribution in [1.82, 2.24) is 0 Å². The third-order valence-corrected chi connectivity index (χ3v) is 3.17. The molecule has 0 radical (unpaired) electrons. The molecule has 0 unspecified atom stereocenters. The van der Waals surface area contributed by atoms with Gasteiger partial charge in [-0.2, -0.15) is 0 Å². The average molecular weight is 176 g/mol. The lowest BCUT2D eigenvalue weighted by atomic mass is 10.0. The summed E-state index contributed by atoms with van der Waals surface area (Å²) < 4.78 is 1.41. The van der Waals surface area contributed by atoms with Gasteiger partial charge in [-0.1, -0.05) is 13.0 Å². The van der Waals surface area contributed by atoms with Gasteiger partial charge in [0.1, 0.15) is 0 Å². The zero-order valence-electron chi connectivity index (χ0n) is 7.42. The Labute approximate surface area is 76.8 Å². The molecule has 0 fully saturated rings. The highest BCUT2D eigenvalue weighted by atomic mass is 32.1. The molecule has 0 nitrogen and oxygen atoms in total. The van der Waals surface area contributed by atoms with E-state index in [1.165, 1.54) is 21.2 Å². The van der Waals surface area contributed by atoms with Crippen molar-refractivity contribution in [3.8, 4) is 0 Å². The number of aryl methyl sites for hydroxylation is 2. The van der Waals surface area contributed by atoms with Crippen LogP contribution in [0.15, 0.2) is 23.6 Å². The second kappa shape index (κ2) is 2.91. The van der Waals surface area contributed by atoms with Gasteiger partial charge in [0.25, 0.3) is 0 Å². The van der Waals surface area contributed by atoms with Crippen molar-refractivity contribution in [1.29, 1.82) is 0 Å². The number of benzene rings is 1. The first-order valence-corrected chi connectivity index (χ1v) is 5.16. The van der Waals surface area contributed by atoms with Gasteiger partial charge < -0.3 is 0 Å². The van der Waals surface area contributed by atoms with E-state index in [9.17, 15) is 0 Å². The van der Waals surface area contributed by atoms with Crippen LogP contribution in [0.2, 0.25) is 0 Å². The monoisotopic (exact) mass is 176 g/mol. The molecule has 0 aliphatic heterocycles. The van der Waals surface area contributed by atoms with Crippen LogP contribution in [-0.2, 0) is 6.42 Å². The molecule has 0 atom stereocenters. The van der Waals surface area contributed by atoms with Gasteiger partial charge in [-0.25, -0.2) is 0 Å². The van der Waals surface area contributed by atoms with E-state index in [-0.39, 0.29) is 0 Å². The predicted octanol–water partition coefficient (Wildman–Crippen LogP) is 3.77. The minimum atomic E-state index is 1.14. The summed E-state index contributed by atoms with van der Waals surface area (Å²) in [6.07, 6.45) is 1.14. The molecule has 0 aliphatic carbocycles. The van der Waals surface area contributed by atoms with Gasteiger partial charge in [0.2, 0.25) is 0 Å². The Morgan fingerprint density at radius 3 is 2.92 bits per heavy atom. The number of rotatable bonds is 1. The molecule has 0 saturated heterocycles. The maximum Gasteiger partial charge on any atom is 0.0345 e. The molecular formula is C11H12S. The van der Waals surface area contributed by atoms with Crippen molar-refractivity contribution in [2.45, 2.75) is 20.3 Å². The highest BCUT2D eigenvalue weighted by Crippen LogP contribution is 2.24. The van der Waals surface area contributed by atoms with Crippen LogP contribution in [0.25, 0.3) is 10.1 Å². The summed E-state index contributed by atoms with van der Waals surface area (Å²) in [5.74, 6) is 0. The molecule has 0 amide bonds. The molecule has 1 heterocycles. The van der Waals surface area contributed by atoms with E-state index in [1.807, 2.05) is 11.3 Å². The van der Waals surface area contributed by atoms with E-state index in [0.717, 1.165) is 6.42 Å². The number of hydrogen-bond donors (Lipinski definition) is 0. The molecule has 0 saturated carbocycles. The molecule has 0 aliphatic rings. The second-order valence-corrected chi connectivity index (χ2v) is 4.04. The molecule has 0 bridgehead atoms. The molecule has 1 aromatic heterocycles. The summed E-state index contributed by atoms with van der Waals surface area (Å²) >= 11 is 1.82. The SMILES string of the molecule is CCc1cc2ccsc2cc1C. The fourth-order valence-electron chi connectivity index (χ4n) is 1.54. The maximum atomic E-state index is 2.31. The van der Waals surface area contributed by atoms with E-state index >= 15 is 0 Å². The fourth-order valence-corrected chi connectivity index (χ4v) is 2.41. The molecular weight excluding hydrogens is 164 g/mol. The van der Waals surface area contributed by atoms with Crippen LogP contribution < -0.4 is 0 Å². The van der Waals surface area contributed by atoms with Gasteiger partial charge in [-0.05, 0) is 47.4 Å². The van der Waals surface area contributed by atoms with Gasteiger partial charge in [0.05, 0.1) is 0 Å². The molecule has 1 aromatic carbocycles. The highest BCUT2D eigenvalue weighted by Gasteiger charge is 1.99. The van der Waals surface area contributed by atoms with Crippen molar-refractivity contribution in [3.63, 3.8) is 0 Å². The summed E-state index contributed by atoms with van der Waals surface area (Å²) in [6, 6.07) is 6.79. The number of hydrogen-bond acceptors (Lipinski definition) is 1. The summed E-state index contributed by atoms with van der Waals surface area (Å²) in [7, 11) is 0. The lowest BCUT2D eigenvalue weighted by Crippen LogP contribution is -1.84. The molecule has 0 spiro atoms. The van der Waals surface area contributed by atoms with Crippen molar-refractivity contribution in [3.05, 3.63) is 34.7 Å².